The fourth-order valence-electron chi connectivity index (χ4n) is 2.94. The molecule has 4 nitrogen and oxygen atoms in total. The van der Waals surface area contributed by atoms with Crippen LogP contribution in [0, 0.1) is 12.7 Å². The fourth-order valence-corrected chi connectivity index (χ4v) is 2.94. The van der Waals surface area contributed by atoms with E-state index in [9.17, 15) is 9.18 Å². The monoisotopic (exact) mass is 352 g/mol. The van der Waals surface area contributed by atoms with Crippen LogP contribution in [0.5, 0.6) is 5.75 Å². The highest BCUT2D eigenvalue weighted by Gasteiger charge is 2.18. The normalized spacial score (nSPS) is 11.8. The van der Waals surface area contributed by atoms with Crippen LogP contribution in [-0.4, -0.2) is 17.6 Å². The van der Waals surface area contributed by atoms with Gasteiger partial charge >= 0.3 is 0 Å². The van der Waals surface area contributed by atoms with Gasteiger partial charge in [0.1, 0.15) is 11.6 Å². The second-order valence-corrected chi connectivity index (χ2v) is 6.13. The Bertz CT molecular complexity index is 891. The van der Waals surface area contributed by atoms with Gasteiger partial charge in [0, 0.05) is 18.1 Å². The third kappa shape index (κ3) is 4.11. The van der Waals surface area contributed by atoms with Gasteiger partial charge in [-0.25, -0.2) is 4.39 Å². The van der Waals surface area contributed by atoms with Crippen LogP contribution >= 0.6 is 0 Å². The highest BCUT2D eigenvalue weighted by Crippen LogP contribution is 2.26. The Balaban J connectivity index is 1.82. The van der Waals surface area contributed by atoms with E-state index in [1.54, 1.807) is 20.1 Å². The van der Waals surface area contributed by atoms with E-state index in [1.807, 2.05) is 53.4 Å². The van der Waals surface area contributed by atoms with Crippen molar-refractivity contribution >= 4 is 11.6 Å². The van der Waals surface area contributed by atoms with Crippen molar-refractivity contribution in [3.8, 4) is 5.75 Å². The molecule has 0 aliphatic heterocycles. The van der Waals surface area contributed by atoms with Crippen molar-refractivity contribution in [3.63, 3.8) is 0 Å². The molecule has 0 spiro atoms. The van der Waals surface area contributed by atoms with E-state index >= 15 is 0 Å². The van der Waals surface area contributed by atoms with Gasteiger partial charge in [0.15, 0.2) is 0 Å². The van der Waals surface area contributed by atoms with Crippen molar-refractivity contribution in [1.29, 1.82) is 0 Å². The first kappa shape index (κ1) is 17.7. The Morgan fingerprint density at radius 3 is 2.62 bits per heavy atom. The predicted molar refractivity (Wildman–Crippen MR) is 99.9 cm³/mol. The number of amides is 1. The first-order valence-electron chi connectivity index (χ1n) is 8.39. The summed E-state index contributed by atoms with van der Waals surface area (Å²) in [4.78, 5) is 12.6. The highest BCUT2D eigenvalue weighted by molar-refractivity contribution is 5.92. The zero-order chi connectivity index (χ0) is 18.5. The van der Waals surface area contributed by atoms with Crippen molar-refractivity contribution in [2.24, 2.45) is 0 Å². The molecule has 1 heterocycles. The number of benzene rings is 2. The molecular formula is C21H21FN2O2. The Hall–Kier alpha value is -3.08. The molecule has 0 aliphatic carbocycles. The lowest BCUT2D eigenvalue weighted by Gasteiger charge is -2.20. The minimum atomic E-state index is -0.318. The summed E-state index contributed by atoms with van der Waals surface area (Å²) in [5.74, 6) is 0.290. The number of ether oxygens (including phenoxy) is 1. The van der Waals surface area contributed by atoms with E-state index < -0.39 is 0 Å². The third-order valence-electron chi connectivity index (χ3n) is 4.31. The van der Waals surface area contributed by atoms with E-state index in [4.69, 9.17) is 4.74 Å². The number of carbonyl (C=O) groups is 1. The standard InChI is InChI=1S/C21H21FN2O2/c1-15-12-17(22)8-9-19(15)23-21(25)14-20(24-10-3-4-11-24)16-6-5-7-18(13-16)26-2/h3-13,20H,14H2,1-2H3,(H,23,25)/t20-/m0/s1. The number of methoxy groups -OCH3 is 1. The first-order chi connectivity index (χ1) is 12.6. The molecule has 2 aromatic carbocycles. The minimum absolute atomic E-state index is 0.138. The maximum atomic E-state index is 13.2. The Morgan fingerprint density at radius 1 is 1.15 bits per heavy atom. The molecule has 0 bridgehead atoms. The van der Waals surface area contributed by atoms with Gasteiger partial charge in [0.05, 0.1) is 19.6 Å². The quantitative estimate of drug-likeness (QED) is 0.707. The third-order valence-corrected chi connectivity index (χ3v) is 4.31. The van der Waals surface area contributed by atoms with Crippen LogP contribution in [0.2, 0.25) is 0 Å². The Morgan fingerprint density at radius 2 is 1.92 bits per heavy atom. The van der Waals surface area contributed by atoms with Gasteiger partial charge in [0.2, 0.25) is 5.91 Å². The Kier molecular flexibility index (Phi) is 5.37. The largest absolute Gasteiger partial charge is 0.497 e. The summed E-state index contributed by atoms with van der Waals surface area (Å²) < 4.78 is 20.5. The van der Waals surface area contributed by atoms with Crippen molar-refractivity contribution in [1.82, 2.24) is 4.57 Å². The smallest absolute Gasteiger partial charge is 0.226 e. The molecule has 3 aromatic rings. The van der Waals surface area contributed by atoms with Crippen LogP contribution in [0.15, 0.2) is 67.0 Å². The van der Waals surface area contributed by atoms with Crippen LogP contribution < -0.4 is 10.1 Å². The Labute approximate surface area is 152 Å². The summed E-state index contributed by atoms with van der Waals surface area (Å²) in [6, 6.07) is 15.7. The van der Waals surface area contributed by atoms with Crippen LogP contribution in [0.3, 0.4) is 0 Å². The number of hydrogen-bond donors (Lipinski definition) is 1. The molecule has 1 amide bonds. The number of aryl methyl sites for hydroxylation is 1. The molecule has 0 radical (unpaired) electrons. The van der Waals surface area contributed by atoms with Gasteiger partial charge in [-0.05, 0) is 60.5 Å². The molecule has 1 aromatic heterocycles. The fraction of sp³-hybridized carbons (Fsp3) is 0.190. The average molecular weight is 352 g/mol. The lowest BCUT2D eigenvalue weighted by molar-refractivity contribution is -0.116. The zero-order valence-electron chi connectivity index (χ0n) is 14.8. The summed E-state index contributed by atoms with van der Waals surface area (Å²) in [6.07, 6.45) is 4.11. The summed E-state index contributed by atoms with van der Waals surface area (Å²) in [7, 11) is 1.62. The van der Waals surface area contributed by atoms with Crippen molar-refractivity contribution in [3.05, 3.63) is 83.9 Å². The molecule has 0 aliphatic rings. The van der Waals surface area contributed by atoms with Gasteiger partial charge in [-0.3, -0.25) is 4.79 Å². The molecule has 0 fully saturated rings. The van der Waals surface area contributed by atoms with Crippen LogP contribution in [0.25, 0.3) is 0 Å². The molecule has 3 rings (SSSR count). The van der Waals surface area contributed by atoms with E-state index in [0.717, 1.165) is 11.3 Å². The second-order valence-electron chi connectivity index (χ2n) is 6.13. The molecule has 0 saturated carbocycles. The minimum Gasteiger partial charge on any atom is -0.497 e. The van der Waals surface area contributed by atoms with E-state index in [2.05, 4.69) is 5.32 Å². The number of nitrogens with one attached hydrogen (secondary N) is 1. The van der Waals surface area contributed by atoms with Gasteiger partial charge in [0.25, 0.3) is 0 Å². The number of carbonyl (C=O) groups excluding carboxylic acids is 1. The highest BCUT2D eigenvalue weighted by atomic mass is 19.1. The van der Waals surface area contributed by atoms with E-state index in [0.29, 0.717) is 11.3 Å². The molecule has 5 heteroatoms. The number of aromatic nitrogens is 1. The number of anilines is 1. The van der Waals surface area contributed by atoms with Gasteiger partial charge in [-0.2, -0.15) is 0 Å². The molecule has 1 N–H and O–H groups in total. The van der Waals surface area contributed by atoms with Gasteiger partial charge < -0.3 is 14.6 Å². The summed E-state index contributed by atoms with van der Waals surface area (Å²) in [5.41, 5.74) is 2.29. The van der Waals surface area contributed by atoms with E-state index in [1.165, 1.54) is 12.1 Å². The van der Waals surface area contributed by atoms with Crippen LogP contribution in [-0.2, 0) is 4.79 Å². The summed E-state index contributed by atoms with van der Waals surface area (Å²) >= 11 is 0. The van der Waals surface area contributed by atoms with Crippen molar-refractivity contribution < 1.29 is 13.9 Å². The number of halogens is 1. The first-order valence-corrected chi connectivity index (χ1v) is 8.39. The maximum absolute atomic E-state index is 13.2. The SMILES string of the molecule is COc1cccc([C@H](CC(=O)Nc2ccc(F)cc2C)n2cccc2)c1. The van der Waals surface area contributed by atoms with Crippen molar-refractivity contribution in [2.45, 2.75) is 19.4 Å². The molecule has 134 valence electrons. The molecule has 0 unspecified atom stereocenters. The van der Waals surface area contributed by atoms with Gasteiger partial charge in [-0.1, -0.05) is 12.1 Å². The summed E-state index contributed by atoms with van der Waals surface area (Å²) in [5, 5.41) is 2.88. The average Bonchev–Trinajstić information content (AvgIpc) is 3.16. The topological polar surface area (TPSA) is 43.3 Å². The second kappa shape index (κ2) is 7.87. The molecule has 26 heavy (non-hydrogen) atoms. The van der Waals surface area contributed by atoms with E-state index in [-0.39, 0.29) is 24.2 Å². The predicted octanol–water partition coefficient (Wildman–Crippen LogP) is 4.56. The van der Waals surface area contributed by atoms with Gasteiger partial charge in [-0.15, -0.1) is 0 Å². The molecular weight excluding hydrogens is 331 g/mol. The summed E-state index contributed by atoms with van der Waals surface area (Å²) in [6.45, 7) is 1.77. The number of hydrogen-bond acceptors (Lipinski definition) is 2. The zero-order valence-corrected chi connectivity index (χ0v) is 14.8. The molecule has 1 atom stereocenters. The number of rotatable bonds is 6. The lowest BCUT2D eigenvalue weighted by atomic mass is 10.0. The van der Waals surface area contributed by atoms with Crippen LogP contribution in [0.4, 0.5) is 10.1 Å². The number of nitrogens with zero attached hydrogens (tertiary/aromatic N) is 1. The lowest BCUT2D eigenvalue weighted by Crippen LogP contribution is -2.20. The van der Waals surface area contributed by atoms with Crippen LogP contribution in [0.1, 0.15) is 23.6 Å². The van der Waals surface area contributed by atoms with Crippen molar-refractivity contribution in [2.75, 3.05) is 12.4 Å². The maximum Gasteiger partial charge on any atom is 0.226 e. The molecule has 0 saturated heterocycles.